The van der Waals surface area contributed by atoms with Gasteiger partial charge < -0.3 is 14.4 Å². The summed E-state index contributed by atoms with van der Waals surface area (Å²) in [6, 6.07) is 13.9. The molecule has 1 fully saturated rings. The van der Waals surface area contributed by atoms with Crippen LogP contribution in [0.25, 0.3) is 16.3 Å². The highest BCUT2D eigenvalue weighted by molar-refractivity contribution is 7.22. The van der Waals surface area contributed by atoms with E-state index in [-0.39, 0.29) is 5.91 Å². The molecule has 0 saturated carbocycles. The molecule has 3 aromatic rings. The maximum absolute atomic E-state index is 12.3. The third kappa shape index (κ3) is 4.93. The van der Waals surface area contributed by atoms with Gasteiger partial charge in [0, 0.05) is 24.9 Å². The number of amides is 1. The third-order valence-corrected chi connectivity index (χ3v) is 5.53. The van der Waals surface area contributed by atoms with Crippen LogP contribution < -0.4 is 15.0 Å². The zero-order chi connectivity index (χ0) is 20.1. The van der Waals surface area contributed by atoms with E-state index in [1.165, 1.54) is 23.1 Å². The van der Waals surface area contributed by atoms with Crippen LogP contribution in [-0.4, -0.2) is 43.8 Å². The maximum Gasteiger partial charge on any atom is 0.250 e. The van der Waals surface area contributed by atoms with E-state index in [2.05, 4.69) is 27.3 Å². The minimum absolute atomic E-state index is 0.202. The number of anilines is 2. The largest absolute Gasteiger partial charge is 0.494 e. The van der Waals surface area contributed by atoms with Gasteiger partial charge in [-0.3, -0.25) is 10.1 Å². The minimum Gasteiger partial charge on any atom is -0.494 e. The predicted octanol–water partition coefficient (Wildman–Crippen LogP) is 4.18. The molecule has 1 amide bonds. The van der Waals surface area contributed by atoms with Crippen LogP contribution in [0.1, 0.15) is 12.5 Å². The summed E-state index contributed by atoms with van der Waals surface area (Å²) in [5.74, 6) is 0.605. The number of carbonyl (C=O) groups is 1. The second-order valence-corrected chi connectivity index (χ2v) is 7.63. The summed E-state index contributed by atoms with van der Waals surface area (Å²) in [4.78, 5) is 19.0. The van der Waals surface area contributed by atoms with Crippen molar-refractivity contribution in [2.45, 2.75) is 6.92 Å². The van der Waals surface area contributed by atoms with Crippen molar-refractivity contribution in [2.75, 3.05) is 43.1 Å². The number of ether oxygens (including phenoxy) is 2. The molecule has 0 bridgehead atoms. The average molecular weight is 410 g/mol. The summed E-state index contributed by atoms with van der Waals surface area (Å²) < 4.78 is 11.9. The van der Waals surface area contributed by atoms with Crippen molar-refractivity contribution in [3.8, 4) is 5.75 Å². The van der Waals surface area contributed by atoms with Crippen LogP contribution in [0.5, 0.6) is 5.75 Å². The highest BCUT2D eigenvalue weighted by Crippen LogP contribution is 2.29. The minimum atomic E-state index is -0.202. The van der Waals surface area contributed by atoms with Gasteiger partial charge in [-0.15, -0.1) is 0 Å². The number of carbonyl (C=O) groups excluding carboxylic acids is 1. The second-order valence-electron chi connectivity index (χ2n) is 6.60. The predicted molar refractivity (Wildman–Crippen MR) is 118 cm³/mol. The van der Waals surface area contributed by atoms with Gasteiger partial charge in [0.15, 0.2) is 5.13 Å². The van der Waals surface area contributed by atoms with E-state index in [1.54, 1.807) is 6.08 Å². The lowest BCUT2D eigenvalue weighted by Gasteiger charge is -2.28. The summed E-state index contributed by atoms with van der Waals surface area (Å²) >= 11 is 1.43. The van der Waals surface area contributed by atoms with E-state index in [0.29, 0.717) is 11.7 Å². The molecule has 0 atom stereocenters. The van der Waals surface area contributed by atoms with Crippen LogP contribution >= 0.6 is 11.3 Å². The van der Waals surface area contributed by atoms with Gasteiger partial charge in [0.2, 0.25) is 5.91 Å². The highest BCUT2D eigenvalue weighted by Gasteiger charge is 2.10. The van der Waals surface area contributed by atoms with Crippen molar-refractivity contribution in [3.05, 3.63) is 54.1 Å². The maximum atomic E-state index is 12.3. The van der Waals surface area contributed by atoms with Crippen molar-refractivity contribution in [3.63, 3.8) is 0 Å². The van der Waals surface area contributed by atoms with Crippen LogP contribution in [0.15, 0.2) is 48.5 Å². The topological polar surface area (TPSA) is 63.7 Å². The number of morpholine rings is 1. The van der Waals surface area contributed by atoms with Crippen LogP contribution in [0.4, 0.5) is 10.8 Å². The molecular formula is C22H23N3O3S. The van der Waals surface area contributed by atoms with E-state index >= 15 is 0 Å². The van der Waals surface area contributed by atoms with Crippen LogP contribution in [0.2, 0.25) is 0 Å². The molecule has 4 rings (SSSR count). The second kappa shape index (κ2) is 9.07. The molecule has 1 aliphatic heterocycles. The molecule has 2 heterocycles. The van der Waals surface area contributed by atoms with Crippen molar-refractivity contribution in [1.29, 1.82) is 0 Å². The highest BCUT2D eigenvalue weighted by atomic mass is 32.1. The first-order chi connectivity index (χ1) is 14.2. The summed E-state index contributed by atoms with van der Waals surface area (Å²) in [5.41, 5.74) is 3.00. The SMILES string of the molecule is CCOc1ccc2nc(NC(=O)/C=C/c3ccc(N4CCOCC4)cc3)sc2c1. The Labute approximate surface area is 173 Å². The Morgan fingerprint density at radius 1 is 1.24 bits per heavy atom. The first-order valence-corrected chi connectivity index (χ1v) is 10.5. The Morgan fingerprint density at radius 2 is 2.03 bits per heavy atom. The van der Waals surface area contributed by atoms with Crippen molar-refractivity contribution < 1.29 is 14.3 Å². The zero-order valence-corrected chi connectivity index (χ0v) is 17.1. The summed E-state index contributed by atoms with van der Waals surface area (Å²) in [6.45, 7) is 5.91. The van der Waals surface area contributed by atoms with Gasteiger partial charge in [0.25, 0.3) is 0 Å². The first-order valence-electron chi connectivity index (χ1n) is 9.66. The fraction of sp³-hybridized carbons (Fsp3) is 0.273. The fourth-order valence-electron chi connectivity index (χ4n) is 3.15. The van der Waals surface area contributed by atoms with Crippen LogP contribution in [0.3, 0.4) is 0 Å². The summed E-state index contributed by atoms with van der Waals surface area (Å²) in [6.07, 6.45) is 3.33. The quantitative estimate of drug-likeness (QED) is 0.619. The van der Waals surface area contributed by atoms with Gasteiger partial charge in [-0.25, -0.2) is 4.98 Å². The third-order valence-electron chi connectivity index (χ3n) is 4.60. The van der Waals surface area contributed by atoms with Gasteiger partial charge in [0.05, 0.1) is 30.0 Å². The Bertz CT molecular complexity index is 1010. The molecule has 1 N–H and O–H groups in total. The van der Waals surface area contributed by atoms with Gasteiger partial charge >= 0.3 is 0 Å². The number of nitrogens with one attached hydrogen (secondary N) is 1. The first kappa shape index (κ1) is 19.4. The number of nitrogens with zero attached hydrogens (tertiary/aromatic N) is 2. The summed E-state index contributed by atoms with van der Waals surface area (Å²) in [7, 11) is 0. The molecule has 7 heteroatoms. The molecule has 0 spiro atoms. The van der Waals surface area contributed by atoms with E-state index < -0.39 is 0 Å². The molecule has 150 valence electrons. The van der Waals surface area contributed by atoms with Crippen molar-refractivity contribution >= 4 is 44.4 Å². The lowest BCUT2D eigenvalue weighted by molar-refractivity contribution is -0.111. The Kier molecular flexibility index (Phi) is 6.07. The lowest BCUT2D eigenvalue weighted by atomic mass is 10.1. The molecule has 29 heavy (non-hydrogen) atoms. The molecule has 2 aromatic carbocycles. The lowest BCUT2D eigenvalue weighted by Crippen LogP contribution is -2.36. The van der Waals surface area contributed by atoms with Gasteiger partial charge in [-0.1, -0.05) is 23.5 Å². The van der Waals surface area contributed by atoms with E-state index in [9.17, 15) is 4.79 Å². The average Bonchev–Trinajstić information content (AvgIpc) is 3.15. The molecule has 0 aliphatic carbocycles. The molecule has 0 radical (unpaired) electrons. The Morgan fingerprint density at radius 3 is 2.79 bits per heavy atom. The van der Waals surface area contributed by atoms with Gasteiger partial charge in [-0.05, 0) is 48.9 Å². The number of hydrogen-bond acceptors (Lipinski definition) is 6. The molecule has 6 nitrogen and oxygen atoms in total. The number of benzene rings is 2. The van der Waals surface area contributed by atoms with Crippen LogP contribution in [0, 0.1) is 0 Å². The number of fused-ring (bicyclic) bond motifs is 1. The zero-order valence-electron chi connectivity index (χ0n) is 16.3. The Hall–Kier alpha value is -2.90. The monoisotopic (exact) mass is 409 g/mol. The molecule has 1 aromatic heterocycles. The van der Waals surface area contributed by atoms with Gasteiger partial charge in [0.1, 0.15) is 5.75 Å². The van der Waals surface area contributed by atoms with Crippen LogP contribution in [-0.2, 0) is 9.53 Å². The molecule has 1 saturated heterocycles. The number of rotatable bonds is 6. The standard InChI is InChI=1S/C22H23N3O3S/c1-2-28-18-8-9-19-20(15-18)29-22(23-19)24-21(26)10-5-16-3-6-17(7-4-16)25-11-13-27-14-12-25/h3-10,15H,2,11-14H2,1H3,(H,23,24,26)/b10-5+. The normalized spacial score (nSPS) is 14.4. The summed E-state index contributed by atoms with van der Waals surface area (Å²) in [5, 5.41) is 3.41. The van der Waals surface area contributed by atoms with Crippen molar-refractivity contribution in [2.24, 2.45) is 0 Å². The molecule has 0 unspecified atom stereocenters. The number of thiazole rings is 1. The molecule has 1 aliphatic rings. The Balaban J connectivity index is 1.37. The number of aromatic nitrogens is 1. The molecular weight excluding hydrogens is 386 g/mol. The number of hydrogen-bond donors (Lipinski definition) is 1. The van der Waals surface area contributed by atoms with Gasteiger partial charge in [-0.2, -0.15) is 0 Å². The van der Waals surface area contributed by atoms with Crippen molar-refractivity contribution in [1.82, 2.24) is 4.98 Å². The van der Waals surface area contributed by atoms with E-state index in [1.807, 2.05) is 37.3 Å². The van der Waals surface area contributed by atoms with E-state index in [0.717, 1.165) is 47.8 Å². The van der Waals surface area contributed by atoms with E-state index in [4.69, 9.17) is 9.47 Å². The smallest absolute Gasteiger partial charge is 0.250 e. The fourth-order valence-corrected chi connectivity index (χ4v) is 4.05.